The number of carbonyl (C=O) groups is 3. The van der Waals surface area contributed by atoms with Crippen LogP contribution >= 0.6 is 34.7 Å². The van der Waals surface area contributed by atoms with E-state index in [0.717, 1.165) is 22.1 Å². The zero-order valence-electron chi connectivity index (χ0n) is 20.9. The van der Waals surface area contributed by atoms with Gasteiger partial charge < -0.3 is 9.52 Å². The monoisotopic (exact) mass is 574 g/mol. The van der Waals surface area contributed by atoms with Crippen LogP contribution in [-0.2, 0) is 12.3 Å². The summed E-state index contributed by atoms with van der Waals surface area (Å²) < 4.78 is 7.63. The normalized spacial score (nSPS) is 11.6. The van der Waals surface area contributed by atoms with Gasteiger partial charge in [-0.3, -0.25) is 19.0 Å². The number of Topliss-reactive ketones (excluding diaryl/α,β-unsaturated/α-hetero) is 1. The first-order chi connectivity index (χ1) is 17.9. The molecule has 4 aromatic heterocycles. The molecule has 4 heterocycles. The van der Waals surface area contributed by atoms with Gasteiger partial charge in [-0.05, 0) is 30.7 Å². The van der Waals surface area contributed by atoms with E-state index in [-0.39, 0.29) is 34.1 Å². The summed E-state index contributed by atoms with van der Waals surface area (Å²) in [6, 6.07) is 6.57. The van der Waals surface area contributed by atoms with Crippen LogP contribution in [0.25, 0.3) is 11.3 Å². The van der Waals surface area contributed by atoms with Gasteiger partial charge in [-0.15, -0.1) is 23.1 Å². The molecule has 0 aliphatic rings. The minimum atomic E-state index is -1.39. The first-order valence-electron chi connectivity index (χ1n) is 11.3. The molecule has 0 unspecified atom stereocenters. The maximum Gasteiger partial charge on any atom is 0.352 e. The van der Waals surface area contributed by atoms with Crippen molar-refractivity contribution in [3.63, 3.8) is 0 Å². The Morgan fingerprint density at radius 2 is 1.95 bits per heavy atom. The number of carbonyl (C=O) groups excluding carboxylic acids is 2. The molecule has 0 radical (unpaired) electrons. The lowest BCUT2D eigenvalue weighted by Crippen LogP contribution is -2.30. The van der Waals surface area contributed by atoms with Gasteiger partial charge in [-0.2, -0.15) is 9.78 Å². The van der Waals surface area contributed by atoms with Crippen molar-refractivity contribution in [2.45, 2.75) is 45.0 Å². The average molecular weight is 575 g/mol. The molecule has 0 atom stereocenters. The summed E-state index contributed by atoms with van der Waals surface area (Å²) >= 11 is 8.85. The van der Waals surface area contributed by atoms with Crippen LogP contribution in [0.2, 0.25) is 4.34 Å². The third-order valence-corrected chi connectivity index (χ3v) is 8.02. The minimum Gasteiger partial charge on any atom is -0.477 e. The molecule has 0 fully saturated rings. The third-order valence-electron chi connectivity index (χ3n) is 5.56. The standard InChI is InChI=1S/C25H23ClN4O6S2/c1-13-15(7-20(32)29(22(13)23(33)34)9-18(31)17-10-36-12-27-17)16-8-21(30(28-16)24(35)25(2,3)4)37-11-14-5-6-19(26)38-14/h5-8,10,12H,9,11H2,1-4H3,(H,33,34). The molecule has 38 heavy (non-hydrogen) atoms. The van der Waals surface area contributed by atoms with Crippen LogP contribution in [0.3, 0.4) is 0 Å². The van der Waals surface area contributed by atoms with E-state index in [0.29, 0.717) is 15.1 Å². The predicted molar refractivity (Wildman–Crippen MR) is 143 cm³/mol. The lowest BCUT2D eigenvalue weighted by atomic mass is 9.96. The molecule has 0 aliphatic heterocycles. The van der Waals surface area contributed by atoms with Crippen LogP contribution in [0.15, 0.2) is 51.2 Å². The number of thiophene rings is 1. The average Bonchev–Trinajstić information content (AvgIpc) is 3.59. The van der Waals surface area contributed by atoms with Crippen LogP contribution in [0.5, 0.6) is 0 Å². The highest BCUT2D eigenvalue weighted by molar-refractivity contribution is 7.98. The van der Waals surface area contributed by atoms with Crippen LogP contribution in [-0.4, -0.2) is 42.1 Å². The summed E-state index contributed by atoms with van der Waals surface area (Å²) in [5, 5.41) is 15.0. The van der Waals surface area contributed by atoms with Crippen LogP contribution in [0, 0.1) is 12.3 Å². The van der Waals surface area contributed by atoms with Crippen LogP contribution < -0.4 is 5.56 Å². The van der Waals surface area contributed by atoms with Gasteiger partial charge in [-0.1, -0.05) is 32.4 Å². The molecule has 0 aliphatic carbocycles. The number of hydrogen-bond donors (Lipinski definition) is 1. The molecule has 0 saturated carbocycles. The summed E-state index contributed by atoms with van der Waals surface area (Å²) in [6.45, 7) is 6.30. The Bertz CT molecular complexity index is 1590. The number of halogens is 1. The Hall–Kier alpha value is -3.48. The van der Waals surface area contributed by atoms with Gasteiger partial charge >= 0.3 is 5.97 Å². The molecular formula is C25H23ClN4O6S2. The van der Waals surface area contributed by atoms with E-state index in [1.165, 1.54) is 40.8 Å². The van der Waals surface area contributed by atoms with Gasteiger partial charge in [0.05, 0.1) is 16.6 Å². The van der Waals surface area contributed by atoms with E-state index in [9.17, 15) is 24.3 Å². The number of hydrogen-bond acceptors (Lipinski definition) is 9. The molecule has 198 valence electrons. The third kappa shape index (κ3) is 5.66. The molecular weight excluding hydrogens is 552 g/mol. The molecule has 0 aromatic carbocycles. The first-order valence-corrected chi connectivity index (χ1v) is 13.5. The van der Waals surface area contributed by atoms with E-state index < -0.39 is 29.3 Å². The molecule has 0 bridgehead atoms. The van der Waals surface area contributed by atoms with Gasteiger partial charge in [-0.25, -0.2) is 9.78 Å². The minimum absolute atomic E-state index is 0.0249. The fourth-order valence-corrected chi connectivity index (χ4v) is 5.78. The molecule has 1 N–H and O–H groups in total. The van der Waals surface area contributed by atoms with Crippen molar-refractivity contribution < 1.29 is 23.9 Å². The predicted octanol–water partition coefficient (Wildman–Crippen LogP) is 5.28. The molecule has 0 amide bonds. The number of oxazole rings is 1. The lowest BCUT2D eigenvalue weighted by Gasteiger charge is -2.17. The molecule has 13 heteroatoms. The number of nitrogens with zero attached hydrogens (tertiary/aromatic N) is 4. The highest BCUT2D eigenvalue weighted by Gasteiger charge is 2.29. The van der Waals surface area contributed by atoms with Crippen LogP contribution in [0.4, 0.5) is 0 Å². The fourth-order valence-electron chi connectivity index (χ4n) is 3.66. The zero-order valence-corrected chi connectivity index (χ0v) is 23.2. The SMILES string of the molecule is Cc1c(-c2cc(SCc3ccc(Cl)s3)n(C(=O)C(C)(C)C)n2)cc(=O)n(CC(=O)c2cocn2)c1C(=O)O. The number of aromatic carboxylic acids is 1. The highest BCUT2D eigenvalue weighted by Crippen LogP contribution is 2.34. The maximum atomic E-state index is 13.2. The maximum absolute atomic E-state index is 13.2. The van der Waals surface area contributed by atoms with E-state index in [1.807, 2.05) is 6.07 Å². The van der Waals surface area contributed by atoms with Gasteiger partial charge in [0, 0.05) is 27.7 Å². The van der Waals surface area contributed by atoms with Crippen molar-refractivity contribution in [2.24, 2.45) is 5.41 Å². The van der Waals surface area contributed by atoms with Crippen LogP contribution in [0.1, 0.15) is 57.0 Å². The second-order valence-electron chi connectivity index (χ2n) is 9.39. The second kappa shape index (κ2) is 10.7. The van der Waals surface area contributed by atoms with Crippen molar-refractivity contribution in [3.05, 3.63) is 73.4 Å². The summed E-state index contributed by atoms with van der Waals surface area (Å²) in [6.07, 6.45) is 2.19. The van der Waals surface area contributed by atoms with Gasteiger partial charge in [0.2, 0.25) is 5.78 Å². The van der Waals surface area contributed by atoms with E-state index in [2.05, 4.69) is 10.1 Å². The summed E-state index contributed by atoms with van der Waals surface area (Å²) in [5.74, 6) is -1.70. The van der Waals surface area contributed by atoms with Gasteiger partial charge in [0.1, 0.15) is 22.7 Å². The molecule has 0 spiro atoms. The molecule has 4 aromatic rings. The Labute approximate surface area is 230 Å². The summed E-state index contributed by atoms with van der Waals surface area (Å²) in [4.78, 5) is 55.8. The molecule has 4 rings (SSSR count). The number of carboxylic acids is 1. The first kappa shape index (κ1) is 27.6. The number of pyridine rings is 1. The van der Waals surface area contributed by atoms with Gasteiger partial charge in [0.25, 0.3) is 11.5 Å². The van der Waals surface area contributed by atoms with E-state index in [4.69, 9.17) is 16.0 Å². The van der Waals surface area contributed by atoms with Gasteiger partial charge in [0.15, 0.2) is 6.39 Å². The Morgan fingerprint density at radius 1 is 1.21 bits per heavy atom. The molecule has 0 saturated heterocycles. The second-order valence-corrected chi connectivity index (χ2v) is 12.2. The van der Waals surface area contributed by atoms with Crippen molar-refractivity contribution in [3.8, 4) is 11.3 Å². The van der Waals surface area contributed by atoms with E-state index in [1.54, 1.807) is 32.9 Å². The largest absolute Gasteiger partial charge is 0.477 e. The number of ketones is 1. The number of aromatic nitrogens is 4. The zero-order chi connectivity index (χ0) is 27.8. The highest BCUT2D eigenvalue weighted by atomic mass is 35.5. The van der Waals surface area contributed by atoms with E-state index >= 15 is 0 Å². The smallest absolute Gasteiger partial charge is 0.352 e. The Kier molecular flexibility index (Phi) is 7.77. The van der Waals surface area contributed by atoms with Crippen molar-refractivity contribution in [1.82, 2.24) is 19.3 Å². The van der Waals surface area contributed by atoms with Crippen molar-refractivity contribution in [2.75, 3.05) is 0 Å². The fraction of sp³-hybridized carbons (Fsp3) is 0.280. The number of thioether (sulfide) groups is 1. The Balaban J connectivity index is 1.79. The number of rotatable bonds is 8. The van der Waals surface area contributed by atoms with Crippen molar-refractivity contribution in [1.29, 1.82) is 0 Å². The number of carboxylic acid groups (broad SMARTS) is 1. The Morgan fingerprint density at radius 3 is 2.53 bits per heavy atom. The topological polar surface area (TPSA) is 137 Å². The van der Waals surface area contributed by atoms with Crippen molar-refractivity contribution >= 4 is 52.4 Å². The summed E-state index contributed by atoms with van der Waals surface area (Å²) in [7, 11) is 0. The lowest BCUT2D eigenvalue weighted by molar-refractivity contribution is 0.0680. The quantitative estimate of drug-likeness (QED) is 0.220. The summed E-state index contributed by atoms with van der Waals surface area (Å²) in [5.41, 5.74) is -1.11. The molecule has 10 nitrogen and oxygen atoms in total.